The number of nitrogens with one attached hydrogen (secondary N) is 1. The zero-order chi connectivity index (χ0) is 19.8. The molecule has 2 aromatic heterocycles. The first kappa shape index (κ1) is 18.7. The molecule has 1 N–H and O–H groups in total. The van der Waals surface area contributed by atoms with Gasteiger partial charge < -0.3 is 14.6 Å². The van der Waals surface area contributed by atoms with Crippen molar-refractivity contribution >= 4 is 40.1 Å². The van der Waals surface area contributed by atoms with Crippen molar-refractivity contribution in [2.45, 2.75) is 33.6 Å². The molecule has 1 unspecified atom stereocenters. The Morgan fingerprint density at radius 3 is 2.71 bits per heavy atom. The highest BCUT2D eigenvalue weighted by Crippen LogP contribution is 2.33. The van der Waals surface area contributed by atoms with E-state index in [0.29, 0.717) is 23.1 Å². The Kier molecular flexibility index (Phi) is 4.98. The first-order chi connectivity index (χ1) is 13.4. The summed E-state index contributed by atoms with van der Waals surface area (Å²) in [6.45, 7) is 7.31. The van der Waals surface area contributed by atoms with Gasteiger partial charge in [-0.25, -0.2) is 4.98 Å². The summed E-state index contributed by atoms with van der Waals surface area (Å²) in [7, 11) is 0. The molecule has 146 valence electrons. The van der Waals surface area contributed by atoms with E-state index in [4.69, 9.17) is 21.0 Å². The van der Waals surface area contributed by atoms with Gasteiger partial charge in [-0.3, -0.25) is 4.79 Å². The van der Waals surface area contributed by atoms with E-state index in [-0.39, 0.29) is 11.8 Å². The Balaban J connectivity index is 1.58. The number of benzene rings is 1. The number of hydrogen-bond donors (Lipinski definition) is 1. The second kappa shape index (κ2) is 7.43. The second-order valence-corrected chi connectivity index (χ2v) is 7.78. The number of amides is 1. The molecule has 28 heavy (non-hydrogen) atoms. The van der Waals surface area contributed by atoms with Crippen molar-refractivity contribution in [1.82, 2.24) is 9.97 Å². The van der Waals surface area contributed by atoms with Crippen molar-refractivity contribution in [3.63, 3.8) is 0 Å². The molecule has 1 aliphatic rings. The Morgan fingerprint density at radius 1 is 1.21 bits per heavy atom. The molecular weight excluding hydrogens is 376 g/mol. The lowest BCUT2D eigenvalue weighted by atomic mass is 9.96. The molecule has 4 rings (SSSR count). The molecule has 0 aliphatic carbocycles. The molecule has 0 radical (unpaired) electrons. The summed E-state index contributed by atoms with van der Waals surface area (Å²) < 4.78 is 5.81. The number of anilines is 2. The number of aryl methyl sites for hydroxylation is 3. The molecule has 7 heteroatoms. The number of nitrogens with zero attached hydrogens (tertiary/aromatic N) is 3. The van der Waals surface area contributed by atoms with Crippen LogP contribution >= 0.6 is 11.6 Å². The Bertz CT molecular complexity index is 1030. The standard InChI is InChI=1S/C21H23ClN4O2/c1-12-13(2)28-21-18(12)19(23-14(3)24-21)26-10-4-5-15(11-26)20(27)25-17-8-6-16(22)7-9-17/h6-9,15H,4-5,10-11H2,1-3H3,(H,25,27). The van der Waals surface area contributed by atoms with Crippen LogP contribution in [0.4, 0.5) is 11.5 Å². The molecule has 1 aromatic carbocycles. The maximum Gasteiger partial charge on any atom is 0.231 e. The van der Waals surface area contributed by atoms with Gasteiger partial charge in [-0.1, -0.05) is 11.6 Å². The van der Waals surface area contributed by atoms with Crippen molar-refractivity contribution in [2.24, 2.45) is 5.92 Å². The van der Waals surface area contributed by atoms with Crippen LogP contribution in [-0.4, -0.2) is 29.0 Å². The van der Waals surface area contributed by atoms with Gasteiger partial charge in [0.2, 0.25) is 11.6 Å². The molecule has 6 nitrogen and oxygen atoms in total. The maximum atomic E-state index is 12.8. The zero-order valence-electron chi connectivity index (χ0n) is 16.3. The Morgan fingerprint density at radius 2 is 1.96 bits per heavy atom. The Hall–Kier alpha value is -2.60. The molecule has 1 saturated heterocycles. The van der Waals surface area contributed by atoms with E-state index >= 15 is 0 Å². The molecule has 1 aliphatic heterocycles. The lowest BCUT2D eigenvalue weighted by molar-refractivity contribution is -0.120. The first-order valence-corrected chi connectivity index (χ1v) is 9.86. The number of rotatable bonds is 3. The van der Waals surface area contributed by atoms with E-state index in [1.54, 1.807) is 12.1 Å². The number of hydrogen-bond acceptors (Lipinski definition) is 5. The van der Waals surface area contributed by atoms with Gasteiger partial charge in [-0.15, -0.1) is 0 Å². The maximum absolute atomic E-state index is 12.8. The van der Waals surface area contributed by atoms with Crippen LogP contribution < -0.4 is 10.2 Å². The largest absolute Gasteiger partial charge is 0.443 e. The fourth-order valence-electron chi connectivity index (χ4n) is 3.72. The summed E-state index contributed by atoms with van der Waals surface area (Å²) in [5.74, 6) is 2.30. The highest BCUT2D eigenvalue weighted by atomic mass is 35.5. The van der Waals surface area contributed by atoms with E-state index in [1.165, 1.54) is 0 Å². The number of piperidine rings is 1. The van der Waals surface area contributed by atoms with E-state index in [0.717, 1.165) is 47.6 Å². The molecule has 0 saturated carbocycles. The lowest BCUT2D eigenvalue weighted by Gasteiger charge is -2.33. The van der Waals surface area contributed by atoms with Crippen molar-refractivity contribution in [3.05, 3.63) is 46.4 Å². The summed E-state index contributed by atoms with van der Waals surface area (Å²) >= 11 is 5.92. The number of fused-ring (bicyclic) bond motifs is 1. The van der Waals surface area contributed by atoms with Crippen LogP contribution in [-0.2, 0) is 4.79 Å². The fourth-order valence-corrected chi connectivity index (χ4v) is 3.85. The lowest BCUT2D eigenvalue weighted by Crippen LogP contribution is -2.41. The highest BCUT2D eigenvalue weighted by molar-refractivity contribution is 6.30. The number of aromatic nitrogens is 2. The number of furan rings is 1. The molecule has 1 amide bonds. The van der Waals surface area contributed by atoms with E-state index < -0.39 is 0 Å². The highest BCUT2D eigenvalue weighted by Gasteiger charge is 2.29. The van der Waals surface area contributed by atoms with E-state index in [1.807, 2.05) is 32.9 Å². The number of halogens is 1. The summed E-state index contributed by atoms with van der Waals surface area (Å²) in [5.41, 5.74) is 2.43. The van der Waals surface area contributed by atoms with Gasteiger partial charge >= 0.3 is 0 Å². The van der Waals surface area contributed by atoms with Gasteiger partial charge in [0.1, 0.15) is 17.4 Å². The van der Waals surface area contributed by atoms with Gasteiger partial charge in [-0.05, 0) is 57.9 Å². The van der Waals surface area contributed by atoms with Crippen molar-refractivity contribution < 1.29 is 9.21 Å². The van der Waals surface area contributed by atoms with Crippen LogP contribution in [0.3, 0.4) is 0 Å². The molecule has 1 fully saturated rings. The predicted molar refractivity (Wildman–Crippen MR) is 111 cm³/mol. The number of carbonyl (C=O) groups is 1. The summed E-state index contributed by atoms with van der Waals surface area (Å²) in [4.78, 5) is 24.1. The van der Waals surface area contributed by atoms with Crippen LogP contribution in [0.1, 0.15) is 30.0 Å². The van der Waals surface area contributed by atoms with Gasteiger partial charge in [0.25, 0.3) is 0 Å². The topological polar surface area (TPSA) is 71.3 Å². The van der Waals surface area contributed by atoms with Gasteiger partial charge in [0.05, 0.1) is 11.3 Å². The molecule has 3 heterocycles. The van der Waals surface area contributed by atoms with E-state index in [2.05, 4.69) is 15.2 Å². The second-order valence-electron chi connectivity index (χ2n) is 7.34. The minimum absolute atomic E-state index is 0.0224. The third kappa shape index (κ3) is 3.56. The minimum atomic E-state index is -0.108. The van der Waals surface area contributed by atoms with Crippen LogP contribution in [0, 0.1) is 26.7 Å². The van der Waals surface area contributed by atoms with Crippen molar-refractivity contribution in [2.75, 3.05) is 23.3 Å². The molecular formula is C21H23ClN4O2. The van der Waals surface area contributed by atoms with Crippen molar-refractivity contribution in [1.29, 1.82) is 0 Å². The predicted octanol–water partition coefficient (Wildman–Crippen LogP) is 4.66. The van der Waals surface area contributed by atoms with Crippen LogP contribution in [0.25, 0.3) is 11.1 Å². The zero-order valence-corrected chi connectivity index (χ0v) is 17.0. The molecule has 3 aromatic rings. The normalized spacial score (nSPS) is 17.1. The van der Waals surface area contributed by atoms with Gasteiger partial charge in [-0.2, -0.15) is 4.98 Å². The van der Waals surface area contributed by atoms with Crippen LogP contribution in [0.5, 0.6) is 0 Å². The monoisotopic (exact) mass is 398 g/mol. The summed E-state index contributed by atoms with van der Waals surface area (Å²) in [6.07, 6.45) is 1.78. The summed E-state index contributed by atoms with van der Waals surface area (Å²) in [6, 6.07) is 7.18. The fraction of sp³-hybridized carbons (Fsp3) is 0.381. The third-order valence-corrected chi connectivity index (χ3v) is 5.58. The SMILES string of the molecule is Cc1nc(N2CCCC(C(=O)Nc3ccc(Cl)cc3)C2)c2c(C)c(C)oc2n1. The molecule has 1 atom stereocenters. The average Bonchev–Trinajstić information content (AvgIpc) is 2.96. The smallest absolute Gasteiger partial charge is 0.231 e. The van der Waals surface area contributed by atoms with Crippen molar-refractivity contribution in [3.8, 4) is 0 Å². The Labute approximate surface area is 168 Å². The number of carbonyl (C=O) groups excluding carboxylic acids is 1. The van der Waals surface area contributed by atoms with Gasteiger partial charge in [0, 0.05) is 29.4 Å². The van der Waals surface area contributed by atoms with E-state index in [9.17, 15) is 4.79 Å². The molecule has 0 spiro atoms. The first-order valence-electron chi connectivity index (χ1n) is 9.48. The van der Waals surface area contributed by atoms with Gasteiger partial charge in [0.15, 0.2) is 0 Å². The van der Waals surface area contributed by atoms with Crippen LogP contribution in [0.2, 0.25) is 5.02 Å². The average molecular weight is 399 g/mol. The third-order valence-electron chi connectivity index (χ3n) is 5.32. The minimum Gasteiger partial charge on any atom is -0.443 e. The van der Waals surface area contributed by atoms with Crippen LogP contribution in [0.15, 0.2) is 28.7 Å². The quantitative estimate of drug-likeness (QED) is 0.694. The summed E-state index contributed by atoms with van der Waals surface area (Å²) in [5, 5.41) is 4.59. The molecule has 0 bridgehead atoms.